The summed E-state index contributed by atoms with van der Waals surface area (Å²) in [6.45, 7) is 3.79. The van der Waals surface area contributed by atoms with Crippen LogP contribution >= 0.6 is 0 Å². The average Bonchev–Trinajstić information content (AvgIpc) is 2.12. The Kier molecular flexibility index (Phi) is 5.87. The molecule has 0 aromatic rings. The van der Waals surface area contributed by atoms with Crippen LogP contribution in [0.4, 0.5) is 0 Å². The van der Waals surface area contributed by atoms with Gasteiger partial charge < -0.3 is 14.7 Å². The number of amides is 1. The van der Waals surface area contributed by atoms with Crippen LogP contribution in [0.3, 0.4) is 0 Å². The van der Waals surface area contributed by atoms with Crippen LogP contribution in [0, 0.1) is 0 Å². The van der Waals surface area contributed by atoms with Gasteiger partial charge in [-0.1, -0.05) is 6.92 Å². The first-order valence-corrected chi connectivity index (χ1v) is 4.61. The summed E-state index contributed by atoms with van der Waals surface area (Å²) in [5, 5.41) is 8.48. The van der Waals surface area contributed by atoms with E-state index >= 15 is 0 Å². The first kappa shape index (κ1) is 12.9. The number of carbonyl (C=O) groups excluding carboxylic acids is 1. The van der Waals surface area contributed by atoms with E-state index in [9.17, 15) is 9.59 Å². The molecule has 0 saturated heterocycles. The molecule has 1 atom stereocenters. The summed E-state index contributed by atoms with van der Waals surface area (Å²) in [5.41, 5.74) is 0. The molecule has 0 spiro atoms. The Morgan fingerprint density at radius 1 is 1.43 bits per heavy atom. The van der Waals surface area contributed by atoms with Gasteiger partial charge in [0.15, 0.2) is 0 Å². The van der Waals surface area contributed by atoms with E-state index in [2.05, 4.69) is 0 Å². The molecule has 1 N–H and O–H groups in total. The summed E-state index contributed by atoms with van der Waals surface area (Å²) < 4.78 is 5.17. The molecular weight excluding hydrogens is 186 g/mol. The van der Waals surface area contributed by atoms with Gasteiger partial charge >= 0.3 is 5.97 Å². The summed E-state index contributed by atoms with van der Waals surface area (Å²) in [6.07, 6.45) is 0.0285. The van der Waals surface area contributed by atoms with E-state index in [1.54, 1.807) is 6.92 Å². The topological polar surface area (TPSA) is 66.8 Å². The fourth-order valence-electron chi connectivity index (χ4n) is 1.09. The third kappa shape index (κ3) is 4.23. The molecule has 0 aromatic heterocycles. The van der Waals surface area contributed by atoms with Gasteiger partial charge in [0.1, 0.15) is 12.6 Å². The molecule has 0 aliphatic rings. The molecule has 0 radical (unpaired) electrons. The van der Waals surface area contributed by atoms with E-state index in [-0.39, 0.29) is 12.5 Å². The first-order chi connectivity index (χ1) is 6.52. The van der Waals surface area contributed by atoms with Crippen LogP contribution in [0.15, 0.2) is 0 Å². The average molecular weight is 203 g/mol. The lowest BCUT2D eigenvalue weighted by Crippen LogP contribution is -2.40. The van der Waals surface area contributed by atoms with E-state index in [1.807, 2.05) is 6.92 Å². The van der Waals surface area contributed by atoms with Crippen LogP contribution in [0.1, 0.15) is 20.3 Å². The number of carboxylic acid groups (broad SMARTS) is 1. The number of rotatable bonds is 6. The zero-order valence-electron chi connectivity index (χ0n) is 8.82. The largest absolute Gasteiger partial charge is 0.480 e. The second kappa shape index (κ2) is 6.37. The van der Waals surface area contributed by atoms with Crippen molar-refractivity contribution in [2.75, 3.05) is 20.2 Å². The second-order valence-electron chi connectivity index (χ2n) is 2.94. The molecule has 5 nitrogen and oxygen atoms in total. The Morgan fingerprint density at radius 2 is 2.00 bits per heavy atom. The van der Waals surface area contributed by atoms with Gasteiger partial charge in [-0.15, -0.1) is 0 Å². The summed E-state index contributed by atoms with van der Waals surface area (Å²) in [6, 6.07) is 0. The predicted octanol–water partition coefficient (Wildman–Crippen LogP) is 0.344. The lowest BCUT2D eigenvalue weighted by Gasteiger charge is -2.21. The molecule has 0 aliphatic heterocycles. The number of ether oxygens (including phenoxy) is 1. The van der Waals surface area contributed by atoms with Gasteiger partial charge in [-0.25, -0.2) is 0 Å². The highest BCUT2D eigenvalue weighted by Crippen LogP contribution is 2.02. The van der Waals surface area contributed by atoms with Crippen LogP contribution in [0.25, 0.3) is 0 Å². The van der Waals surface area contributed by atoms with Gasteiger partial charge in [0.25, 0.3) is 5.91 Å². The van der Waals surface area contributed by atoms with Gasteiger partial charge in [-0.3, -0.25) is 9.59 Å². The predicted molar refractivity (Wildman–Crippen MR) is 51.0 cm³/mol. The monoisotopic (exact) mass is 203 g/mol. The summed E-state index contributed by atoms with van der Waals surface area (Å²) in [4.78, 5) is 23.0. The van der Waals surface area contributed by atoms with Gasteiger partial charge in [0, 0.05) is 13.7 Å². The number of likely N-dealkylation sites (N-methyl/N-ethyl adjacent to an activating group) is 1. The lowest BCUT2D eigenvalue weighted by molar-refractivity contribution is -0.149. The Morgan fingerprint density at radius 3 is 2.36 bits per heavy atom. The van der Waals surface area contributed by atoms with E-state index in [1.165, 1.54) is 7.05 Å². The minimum absolute atomic E-state index is 0.281. The molecular formula is C9H17NO4. The van der Waals surface area contributed by atoms with Crippen LogP contribution in [-0.4, -0.2) is 48.2 Å². The third-order valence-electron chi connectivity index (χ3n) is 1.76. The van der Waals surface area contributed by atoms with Crippen LogP contribution in [-0.2, 0) is 14.3 Å². The highest BCUT2D eigenvalue weighted by Gasteiger charge is 2.21. The fourth-order valence-corrected chi connectivity index (χ4v) is 1.09. The Labute approximate surface area is 83.6 Å². The molecule has 0 aromatic carbocycles. The van der Waals surface area contributed by atoms with Crippen molar-refractivity contribution in [1.29, 1.82) is 0 Å². The zero-order chi connectivity index (χ0) is 11.1. The quantitative estimate of drug-likeness (QED) is 0.676. The molecule has 0 bridgehead atoms. The molecule has 0 fully saturated rings. The third-order valence-corrected chi connectivity index (χ3v) is 1.76. The van der Waals surface area contributed by atoms with Crippen molar-refractivity contribution in [2.24, 2.45) is 0 Å². The molecule has 1 amide bonds. The summed E-state index contributed by atoms with van der Waals surface area (Å²) >= 11 is 0. The maximum absolute atomic E-state index is 11.5. The molecule has 0 heterocycles. The van der Waals surface area contributed by atoms with Gasteiger partial charge in [0.2, 0.25) is 0 Å². The van der Waals surface area contributed by atoms with Crippen molar-refractivity contribution < 1.29 is 19.4 Å². The number of hydrogen-bond donors (Lipinski definition) is 1. The van der Waals surface area contributed by atoms with E-state index in [4.69, 9.17) is 9.84 Å². The van der Waals surface area contributed by atoms with Crippen molar-refractivity contribution in [1.82, 2.24) is 4.90 Å². The van der Waals surface area contributed by atoms with E-state index < -0.39 is 12.1 Å². The lowest BCUT2D eigenvalue weighted by atomic mass is 10.2. The molecule has 1 unspecified atom stereocenters. The molecule has 82 valence electrons. The van der Waals surface area contributed by atoms with E-state index in [0.29, 0.717) is 13.0 Å². The van der Waals surface area contributed by atoms with Crippen molar-refractivity contribution in [2.45, 2.75) is 26.4 Å². The Bertz CT molecular complexity index is 205. The number of nitrogens with zero attached hydrogens (tertiary/aromatic N) is 1. The minimum Gasteiger partial charge on any atom is -0.480 e. The van der Waals surface area contributed by atoms with Crippen molar-refractivity contribution >= 4 is 11.9 Å². The van der Waals surface area contributed by atoms with E-state index in [0.717, 1.165) is 4.90 Å². The number of hydrogen-bond acceptors (Lipinski definition) is 3. The molecule has 14 heavy (non-hydrogen) atoms. The maximum Gasteiger partial charge on any atom is 0.323 e. The van der Waals surface area contributed by atoms with Gasteiger partial charge in [-0.2, -0.15) is 0 Å². The van der Waals surface area contributed by atoms with Gasteiger partial charge in [0.05, 0.1) is 0 Å². The maximum atomic E-state index is 11.5. The van der Waals surface area contributed by atoms with Crippen molar-refractivity contribution in [3.8, 4) is 0 Å². The minimum atomic E-state index is -1.02. The summed E-state index contributed by atoms with van der Waals surface area (Å²) in [7, 11) is 1.46. The molecule has 0 saturated carbocycles. The molecule has 0 rings (SSSR count). The number of aliphatic carboxylic acids is 1. The highest BCUT2D eigenvalue weighted by atomic mass is 16.5. The molecule has 5 heteroatoms. The summed E-state index contributed by atoms with van der Waals surface area (Å²) in [5.74, 6) is -1.30. The number of carbonyl (C=O) groups is 2. The van der Waals surface area contributed by atoms with Gasteiger partial charge in [-0.05, 0) is 13.3 Å². The second-order valence-corrected chi connectivity index (χ2v) is 2.94. The highest BCUT2D eigenvalue weighted by molar-refractivity contribution is 5.84. The zero-order valence-corrected chi connectivity index (χ0v) is 8.82. The standard InChI is InChI=1S/C9H17NO4/c1-4-7(14-5-2)9(13)10(3)6-8(11)12/h7H,4-6H2,1-3H3,(H,11,12). The fraction of sp³-hybridized carbons (Fsp3) is 0.778. The van der Waals surface area contributed by atoms with Crippen LogP contribution in [0.5, 0.6) is 0 Å². The van der Waals surface area contributed by atoms with Crippen LogP contribution < -0.4 is 0 Å². The SMILES string of the molecule is CCOC(CC)C(=O)N(C)CC(=O)O. The number of carboxylic acids is 1. The first-order valence-electron chi connectivity index (χ1n) is 4.61. The van der Waals surface area contributed by atoms with Crippen molar-refractivity contribution in [3.05, 3.63) is 0 Å². The van der Waals surface area contributed by atoms with Crippen LogP contribution in [0.2, 0.25) is 0 Å². The van der Waals surface area contributed by atoms with Crippen molar-refractivity contribution in [3.63, 3.8) is 0 Å². The smallest absolute Gasteiger partial charge is 0.323 e. The Hall–Kier alpha value is -1.10. The normalized spacial score (nSPS) is 12.2. The Balaban J connectivity index is 4.19. The molecule has 0 aliphatic carbocycles.